The van der Waals surface area contributed by atoms with Gasteiger partial charge in [-0.05, 0) is 44.9 Å². The van der Waals surface area contributed by atoms with E-state index in [1.54, 1.807) is 18.2 Å². The van der Waals surface area contributed by atoms with Gasteiger partial charge in [0.15, 0.2) is 0 Å². The van der Waals surface area contributed by atoms with Gasteiger partial charge in [0.2, 0.25) is 0 Å². The van der Waals surface area contributed by atoms with Crippen LogP contribution < -0.4 is 5.32 Å². The number of aromatic hydroxyl groups is 1. The standard InChI is InChI=1S/C16H22N2O3/c1-18-11-6-7-12(18)9-10(8-11)17-15-13(16(20)21-2)4-3-5-14(15)19/h3-5,10-12,17,19H,6-9H2,1-2H3. The molecule has 2 saturated heterocycles. The average molecular weight is 290 g/mol. The highest BCUT2D eigenvalue weighted by atomic mass is 16.5. The zero-order valence-electron chi connectivity index (χ0n) is 12.5. The molecule has 0 aromatic heterocycles. The van der Waals surface area contributed by atoms with Gasteiger partial charge < -0.3 is 20.1 Å². The fourth-order valence-corrected chi connectivity index (χ4v) is 3.71. The monoisotopic (exact) mass is 290 g/mol. The molecule has 2 N–H and O–H groups in total. The maximum absolute atomic E-state index is 11.8. The topological polar surface area (TPSA) is 61.8 Å². The van der Waals surface area contributed by atoms with Crippen LogP contribution in [0.3, 0.4) is 0 Å². The number of rotatable bonds is 3. The van der Waals surface area contributed by atoms with Gasteiger partial charge in [-0.3, -0.25) is 0 Å². The van der Waals surface area contributed by atoms with Crippen LogP contribution in [0, 0.1) is 0 Å². The van der Waals surface area contributed by atoms with Crippen molar-refractivity contribution in [2.75, 3.05) is 19.5 Å². The van der Waals surface area contributed by atoms with Crippen molar-refractivity contribution in [3.8, 4) is 5.75 Å². The number of esters is 1. The number of ether oxygens (including phenoxy) is 1. The molecule has 0 aliphatic carbocycles. The average Bonchev–Trinajstić information content (AvgIpc) is 2.71. The number of nitrogens with one attached hydrogen (secondary N) is 1. The Kier molecular flexibility index (Phi) is 3.76. The van der Waals surface area contributed by atoms with E-state index in [-0.39, 0.29) is 11.8 Å². The molecule has 0 saturated carbocycles. The quantitative estimate of drug-likeness (QED) is 0.660. The zero-order valence-corrected chi connectivity index (χ0v) is 12.5. The molecule has 2 fully saturated rings. The predicted octanol–water partition coefficient (Wildman–Crippen LogP) is 2.22. The van der Waals surface area contributed by atoms with Crippen LogP contribution >= 0.6 is 0 Å². The Hall–Kier alpha value is -1.75. The lowest BCUT2D eigenvalue weighted by Crippen LogP contribution is -2.44. The second-order valence-corrected chi connectivity index (χ2v) is 6.05. The van der Waals surface area contributed by atoms with Gasteiger partial charge in [-0.2, -0.15) is 0 Å². The van der Waals surface area contributed by atoms with E-state index < -0.39 is 5.97 Å². The Morgan fingerprint density at radius 3 is 2.62 bits per heavy atom. The third-order valence-corrected chi connectivity index (χ3v) is 4.89. The molecule has 2 atom stereocenters. The molecule has 1 aromatic rings. The van der Waals surface area contributed by atoms with Gasteiger partial charge in [0.1, 0.15) is 5.75 Å². The predicted molar refractivity (Wildman–Crippen MR) is 80.7 cm³/mol. The van der Waals surface area contributed by atoms with Gasteiger partial charge in [0.05, 0.1) is 18.4 Å². The molecule has 114 valence electrons. The van der Waals surface area contributed by atoms with E-state index in [0.717, 1.165) is 12.8 Å². The maximum Gasteiger partial charge on any atom is 0.340 e. The number of methoxy groups -OCH3 is 1. The Labute approximate surface area is 124 Å². The summed E-state index contributed by atoms with van der Waals surface area (Å²) >= 11 is 0. The number of anilines is 1. The van der Waals surface area contributed by atoms with Crippen LogP contribution in [0.15, 0.2) is 18.2 Å². The first-order chi connectivity index (χ1) is 10.1. The number of carbonyl (C=O) groups is 1. The van der Waals surface area contributed by atoms with E-state index >= 15 is 0 Å². The van der Waals surface area contributed by atoms with E-state index in [4.69, 9.17) is 4.74 Å². The summed E-state index contributed by atoms with van der Waals surface area (Å²) in [6.45, 7) is 0. The summed E-state index contributed by atoms with van der Waals surface area (Å²) in [5, 5.41) is 13.5. The number of para-hydroxylation sites is 1. The smallest absolute Gasteiger partial charge is 0.340 e. The Morgan fingerprint density at radius 2 is 2.00 bits per heavy atom. The van der Waals surface area contributed by atoms with Crippen molar-refractivity contribution < 1.29 is 14.6 Å². The molecule has 21 heavy (non-hydrogen) atoms. The van der Waals surface area contributed by atoms with Crippen LogP contribution in [-0.4, -0.2) is 48.3 Å². The lowest BCUT2D eigenvalue weighted by Gasteiger charge is -2.37. The van der Waals surface area contributed by atoms with Gasteiger partial charge in [0.25, 0.3) is 0 Å². The molecule has 3 rings (SSSR count). The minimum atomic E-state index is -0.427. The van der Waals surface area contributed by atoms with E-state index in [1.807, 2.05) is 0 Å². The Balaban J connectivity index is 1.81. The highest BCUT2D eigenvalue weighted by Crippen LogP contribution is 2.37. The number of hydrogen-bond donors (Lipinski definition) is 2. The molecule has 5 nitrogen and oxygen atoms in total. The largest absolute Gasteiger partial charge is 0.506 e. The molecule has 0 spiro atoms. The number of phenols is 1. The van der Waals surface area contributed by atoms with E-state index in [0.29, 0.717) is 23.3 Å². The van der Waals surface area contributed by atoms with Crippen molar-refractivity contribution in [1.82, 2.24) is 4.90 Å². The minimum absolute atomic E-state index is 0.101. The molecule has 5 heteroatoms. The third-order valence-electron chi connectivity index (χ3n) is 4.89. The summed E-state index contributed by atoms with van der Waals surface area (Å²) in [5.41, 5.74) is 0.891. The van der Waals surface area contributed by atoms with E-state index in [2.05, 4.69) is 17.3 Å². The van der Waals surface area contributed by atoms with Crippen molar-refractivity contribution in [1.29, 1.82) is 0 Å². The molecule has 0 radical (unpaired) electrons. The van der Waals surface area contributed by atoms with E-state index in [9.17, 15) is 9.90 Å². The molecular formula is C16H22N2O3. The summed E-state index contributed by atoms with van der Waals surface area (Å²) < 4.78 is 4.79. The summed E-state index contributed by atoms with van der Waals surface area (Å²) in [6, 6.07) is 6.43. The first kappa shape index (κ1) is 14.2. The van der Waals surface area contributed by atoms with Crippen molar-refractivity contribution in [2.24, 2.45) is 0 Å². The van der Waals surface area contributed by atoms with Crippen molar-refractivity contribution in [2.45, 2.75) is 43.8 Å². The highest BCUT2D eigenvalue weighted by Gasteiger charge is 2.38. The van der Waals surface area contributed by atoms with Crippen molar-refractivity contribution in [3.63, 3.8) is 0 Å². The molecule has 2 bridgehead atoms. The summed E-state index contributed by atoms with van der Waals surface area (Å²) in [4.78, 5) is 14.3. The number of carbonyl (C=O) groups excluding carboxylic acids is 1. The molecule has 2 heterocycles. The maximum atomic E-state index is 11.8. The van der Waals surface area contributed by atoms with Crippen LogP contribution in [0.25, 0.3) is 0 Å². The van der Waals surface area contributed by atoms with Gasteiger partial charge in [-0.15, -0.1) is 0 Å². The zero-order chi connectivity index (χ0) is 15.0. The van der Waals surface area contributed by atoms with Gasteiger partial charge in [-0.25, -0.2) is 4.79 Å². The molecular weight excluding hydrogens is 268 g/mol. The lowest BCUT2D eigenvalue weighted by molar-refractivity contribution is 0.0601. The van der Waals surface area contributed by atoms with Gasteiger partial charge in [0, 0.05) is 18.1 Å². The fourth-order valence-electron chi connectivity index (χ4n) is 3.71. The van der Waals surface area contributed by atoms with Gasteiger partial charge in [-0.1, -0.05) is 6.07 Å². The highest BCUT2D eigenvalue weighted by molar-refractivity contribution is 5.97. The first-order valence-corrected chi connectivity index (χ1v) is 7.49. The van der Waals surface area contributed by atoms with Crippen LogP contribution in [0.1, 0.15) is 36.0 Å². The van der Waals surface area contributed by atoms with Crippen LogP contribution in [0.5, 0.6) is 5.75 Å². The number of fused-ring (bicyclic) bond motifs is 2. The molecule has 0 amide bonds. The lowest BCUT2D eigenvalue weighted by atomic mass is 9.97. The van der Waals surface area contributed by atoms with Crippen molar-refractivity contribution in [3.05, 3.63) is 23.8 Å². The summed E-state index contributed by atoms with van der Waals surface area (Å²) in [5.74, 6) is -0.325. The third kappa shape index (κ3) is 2.58. The van der Waals surface area contributed by atoms with Crippen LogP contribution in [0.4, 0.5) is 5.69 Å². The summed E-state index contributed by atoms with van der Waals surface area (Å²) in [6.07, 6.45) is 4.57. The molecule has 2 aliphatic heterocycles. The number of phenolic OH excluding ortho intramolecular Hbond substituents is 1. The number of hydrogen-bond acceptors (Lipinski definition) is 5. The Morgan fingerprint density at radius 1 is 1.33 bits per heavy atom. The molecule has 2 aliphatic rings. The van der Waals surface area contributed by atoms with Gasteiger partial charge >= 0.3 is 5.97 Å². The second kappa shape index (κ2) is 5.56. The number of nitrogens with zero attached hydrogens (tertiary/aromatic N) is 1. The van der Waals surface area contributed by atoms with Crippen LogP contribution in [0.2, 0.25) is 0 Å². The molecule has 1 aromatic carbocycles. The second-order valence-electron chi connectivity index (χ2n) is 6.05. The van der Waals surface area contributed by atoms with Crippen molar-refractivity contribution >= 4 is 11.7 Å². The SMILES string of the molecule is COC(=O)c1cccc(O)c1NC1CC2CCC(C1)N2C. The molecule has 2 unspecified atom stereocenters. The van der Waals surface area contributed by atoms with E-state index in [1.165, 1.54) is 20.0 Å². The minimum Gasteiger partial charge on any atom is -0.506 e. The number of benzene rings is 1. The summed E-state index contributed by atoms with van der Waals surface area (Å²) in [7, 11) is 3.55. The Bertz CT molecular complexity index is 532. The number of piperidine rings is 1. The van der Waals surface area contributed by atoms with Crippen LogP contribution in [-0.2, 0) is 4.74 Å². The first-order valence-electron chi connectivity index (χ1n) is 7.49. The normalized spacial score (nSPS) is 28.4. The fraction of sp³-hybridized carbons (Fsp3) is 0.562.